The molecule has 0 fully saturated rings. The van der Waals surface area contributed by atoms with Crippen molar-refractivity contribution in [3.05, 3.63) is 47.5 Å². The van der Waals surface area contributed by atoms with Crippen molar-refractivity contribution < 1.29 is 52.9 Å². The van der Waals surface area contributed by atoms with Crippen LogP contribution in [-0.2, 0) is 38.2 Å². The van der Waals surface area contributed by atoms with Gasteiger partial charge in [-0.1, -0.05) is 23.9 Å². The van der Waals surface area contributed by atoms with Crippen LogP contribution in [0.4, 0.5) is 0 Å². The summed E-state index contributed by atoms with van der Waals surface area (Å²) in [5, 5.41) is 15.2. The normalized spacial score (nSPS) is 12.2. The zero-order chi connectivity index (χ0) is 29.5. The standard InChI is InChI=1S/C24H26N4O11S/c29-17(12-26-19(31)14-40-24(37)16-3-1-2-15(10-16)23(35)36)25-11-18(30)27-13-22(34)39-9-8-38-7-6-28-20(32)4-5-21(28)33/h1-5,10H,6-9,11-14H2,(H,25,29)(H,26,31)(H,27,30)(H,35,36). The van der Waals surface area contributed by atoms with Crippen molar-refractivity contribution in [2.45, 2.75) is 0 Å². The van der Waals surface area contributed by atoms with E-state index in [1.54, 1.807) is 0 Å². The molecule has 0 aromatic heterocycles. The Morgan fingerprint density at radius 1 is 0.800 bits per heavy atom. The molecule has 40 heavy (non-hydrogen) atoms. The first kappa shape index (κ1) is 31.6. The van der Waals surface area contributed by atoms with Crippen LogP contribution in [0.3, 0.4) is 0 Å². The van der Waals surface area contributed by atoms with Gasteiger partial charge in [0.15, 0.2) is 0 Å². The second-order valence-electron chi connectivity index (χ2n) is 7.79. The number of rotatable bonds is 16. The maximum Gasteiger partial charge on any atom is 0.335 e. The number of imide groups is 1. The minimum Gasteiger partial charge on any atom is -0.478 e. The number of hydrogen-bond acceptors (Lipinski definition) is 11. The number of carbonyl (C=O) groups excluding carboxylic acids is 7. The number of amides is 5. The number of thioether (sulfide) groups is 1. The van der Waals surface area contributed by atoms with Gasteiger partial charge >= 0.3 is 11.9 Å². The van der Waals surface area contributed by atoms with Crippen LogP contribution >= 0.6 is 11.8 Å². The Kier molecular flexibility index (Phi) is 13.0. The summed E-state index contributed by atoms with van der Waals surface area (Å²) in [6.07, 6.45) is 2.31. The Hall–Kier alpha value is -4.57. The molecule has 214 valence electrons. The number of carbonyl (C=O) groups is 8. The minimum absolute atomic E-state index is 0.00961. The third-order valence-corrected chi connectivity index (χ3v) is 5.76. The van der Waals surface area contributed by atoms with Gasteiger partial charge in [-0.05, 0) is 12.1 Å². The molecule has 0 radical (unpaired) electrons. The van der Waals surface area contributed by atoms with Crippen LogP contribution in [-0.4, -0.2) is 108 Å². The van der Waals surface area contributed by atoms with Crippen molar-refractivity contribution in [1.82, 2.24) is 20.9 Å². The second-order valence-corrected chi connectivity index (χ2v) is 8.73. The van der Waals surface area contributed by atoms with Gasteiger partial charge in [0, 0.05) is 17.7 Å². The number of esters is 1. The summed E-state index contributed by atoms with van der Waals surface area (Å²) in [6, 6.07) is 5.33. The first-order valence-corrected chi connectivity index (χ1v) is 12.6. The molecule has 0 atom stereocenters. The summed E-state index contributed by atoms with van der Waals surface area (Å²) in [4.78, 5) is 94.0. The Morgan fingerprint density at radius 3 is 2.05 bits per heavy atom. The molecule has 5 amide bonds. The van der Waals surface area contributed by atoms with Crippen molar-refractivity contribution in [2.24, 2.45) is 0 Å². The largest absolute Gasteiger partial charge is 0.478 e. The van der Waals surface area contributed by atoms with Gasteiger partial charge in [-0.2, -0.15) is 0 Å². The van der Waals surface area contributed by atoms with Crippen molar-refractivity contribution in [3.63, 3.8) is 0 Å². The van der Waals surface area contributed by atoms with E-state index in [1.807, 2.05) is 0 Å². The van der Waals surface area contributed by atoms with Gasteiger partial charge in [0.05, 0.1) is 44.2 Å². The monoisotopic (exact) mass is 578 g/mol. The summed E-state index contributed by atoms with van der Waals surface area (Å²) < 4.78 is 10.0. The molecule has 2 rings (SSSR count). The van der Waals surface area contributed by atoms with Crippen LogP contribution in [0.5, 0.6) is 0 Å². The molecule has 0 aliphatic carbocycles. The van der Waals surface area contributed by atoms with Gasteiger partial charge in [-0.3, -0.25) is 38.5 Å². The van der Waals surface area contributed by atoms with Crippen molar-refractivity contribution in [2.75, 3.05) is 51.8 Å². The van der Waals surface area contributed by atoms with E-state index in [1.165, 1.54) is 24.3 Å². The van der Waals surface area contributed by atoms with E-state index < -0.39 is 66.2 Å². The van der Waals surface area contributed by atoms with E-state index >= 15 is 0 Å². The zero-order valence-corrected chi connectivity index (χ0v) is 21.8. The number of carboxylic acids is 1. The highest BCUT2D eigenvalue weighted by Crippen LogP contribution is 2.14. The van der Waals surface area contributed by atoms with Crippen molar-refractivity contribution in [3.8, 4) is 0 Å². The maximum atomic E-state index is 12.1. The summed E-state index contributed by atoms with van der Waals surface area (Å²) in [5.74, 6) is -5.13. The van der Waals surface area contributed by atoms with Gasteiger partial charge in [-0.25, -0.2) is 4.79 Å². The number of benzene rings is 1. The number of aromatic carboxylic acids is 1. The summed E-state index contributed by atoms with van der Waals surface area (Å²) in [7, 11) is 0. The van der Waals surface area contributed by atoms with Gasteiger partial charge in [0.2, 0.25) is 22.8 Å². The molecule has 4 N–H and O–H groups in total. The molecule has 16 heteroatoms. The highest BCUT2D eigenvalue weighted by atomic mass is 32.2. The summed E-state index contributed by atoms with van der Waals surface area (Å²) in [5.41, 5.74) is 0.0444. The maximum absolute atomic E-state index is 12.1. The van der Waals surface area contributed by atoms with Gasteiger partial charge in [0.1, 0.15) is 13.2 Å². The molecule has 0 spiro atoms. The fraction of sp³-hybridized carbons (Fsp3) is 0.333. The zero-order valence-electron chi connectivity index (χ0n) is 21.0. The third kappa shape index (κ3) is 11.4. The Balaban J connectivity index is 1.50. The highest BCUT2D eigenvalue weighted by molar-refractivity contribution is 8.14. The fourth-order valence-corrected chi connectivity index (χ4v) is 3.53. The number of ether oxygens (including phenoxy) is 2. The van der Waals surface area contributed by atoms with E-state index in [0.717, 1.165) is 17.1 Å². The quantitative estimate of drug-likeness (QED) is 0.0961. The molecule has 1 aromatic rings. The lowest BCUT2D eigenvalue weighted by atomic mass is 10.1. The van der Waals surface area contributed by atoms with E-state index in [9.17, 15) is 38.4 Å². The second kappa shape index (κ2) is 16.4. The SMILES string of the molecule is O=C(CNC(=O)CSC(=O)c1cccc(C(=O)O)c1)NCC(=O)NCC(=O)OCCOCCN1C(=O)C=CC1=O. The summed E-state index contributed by atoms with van der Waals surface area (Å²) in [6.45, 7) is -1.38. The Morgan fingerprint density at radius 2 is 1.40 bits per heavy atom. The van der Waals surface area contributed by atoms with Crippen molar-refractivity contribution in [1.29, 1.82) is 0 Å². The molecule has 1 aliphatic rings. The number of nitrogens with one attached hydrogen (secondary N) is 3. The average Bonchev–Trinajstić information content (AvgIpc) is 3.26. The van der Waals surface area contributed by atoms with Gasteiger partial charge < -0.3 is 30.5 Å². The van der Waals surface area contributed by atoms with Crippen LogP contribution < -0.4 is 16.0 Å². The Labute approximate surface area is 231 Å². The predicted octanol–water partition coefficient (Wildman–Crippen LogP) is -1.91. The van der Waals surface area contributed by atoms with Gasteiger partial charge in [-0.15, -0.1) is 0 Å². The molecule has 0 saturated carbocycles. The van der Waals surface area contributed by atoms with E-state index in [4.69, 9.17) is 14.6 Å². The van der Waals surface area contributed by atoms with Crippen molar-refractivity contribution >= 4 is 58.4 Å². The number of hydrogen-bond donors (Lipinski definition) is 4. The molecule has 1 heterocycles. The highest BCUT2D eigenvalue weighted by Gasteiger charge is 2.22. The lowest BCUT2D eigenvalue weighted by Crippen LogP contribution is -2.43. The molecule has 1 aromatic carbocycles. The first-order chi connectivity index (χ1) is 19.1. The minimum atomic E-state index is -1.19. The summed E-state index contributed by atoms with van der Waals surface area (Å²) >= 11 is 0.632. The fourth-order valence-electron chi connectivity index (χ4n) is 2.87. The van der Waals surface area contributed by atoms with E-state index in [0.29, 0.717) is 11.8 Å². The topological polar surface area (TPSA) is 215 Å². The molecule has 0 unspecified atom stereocenters. The lowest BCUT2D eigenvalue weighted by Gasteiger charge is -2.13. The molecule has 15 nitrogen and oxygen atoms in total. The van der Waals surface area contributed by atoms with E-state index in [2.05, 4.69) is 16.0 Å². The van der Waals surface area contributed by atoms with Gasteiger partial charge in [0.25, 0.3) is 11.8 Å². The third-order valence-electron chi connectivity index (χ3n) is 4.85. The van der Waals surface area contributed by atoms with Crippen LogP contribution in [0, 0.1) is 0 Å². The molecular formula is C24H26N4O11S. The molecule has 1 aliphatic heterocycles. The first-order valence-electron chi connectivity index (χ1n) is 11.6. The molecule has 0 bridgehead atoms. The molecular weight excluding hydrogens is 552 g/mol. The van der Waals surface area contributed by atoms with Crippen LogP contribution in [0.25, 0.3) is 0 Å². The smallest absolute Gasteiger partial charge is 0.335 e. The van der Waals surface area contributed by atoms with Crippen LogP contribution in [0.1, 0.15) is 20.7 Å². The average molecular weight is 579 g/mol. The lowest BCUT2D eigenvalue weighted by molar-refractivity contribution is -0.145. The predicted molar refractivity (Wildman–Crippen MR) is 137 cm³/mol. The number of nitrogens with zero attached hydrogens (tertiary/aromatic N) is 1. The Bertz CT molecular complexity index is 1180. The number of carboxylic acid groups (broad SMARTS) is 1. The van der Waals surface area contributed by atoms with E-state index in [-0.39, 0.29) is 43.2 Å². The van der Waals surface area contributed by atoms with Crippen LogP contribution in [0.2, 0.25) is 0 Å². The molecule has 0 saturated heterocycles. The van der Waals surface area contributed by atoms with Crippen LogP contribution in [0.15, 0.2) is 36.4 Å².